The Hall–Kier alpha value is -0.870. The van der Waals surface area contributed by atoms with Crippen LogP contribution in [-0.4, -0.2) is 20.7 Å². The van der Waals surface area contributed by atoms with Crippen LogP contribution in [0.1, 0.15) is 37.6 Å². The SMILES string of the molecule is CC(C)(C)CCS(=O)(=O)NCc1cc(C#CCN)cs1. The molecule has 0 bridgehead atoms. The maximum atomic E-state index is 11.9. The van der Waals surface area contributed by atoms with Crippen LogP contribution in [0.3, 0.4) is 0 Å². The monoisotopic (exact) mass is 314 g/mol. The van der Waals surface area contributed by atoms with E-state index in [1.54, 1.807) is 0 Å². The summed E-state index contributed by atoms with van der Waals surface area (Å²) in [6.07, 6.45) is 0.639. The smallest absolute Gasteiger partial charge is 0.211 e. The predicted octanol–water partition coefficient (Wildman–Crippen LogP) is 1.91. The van der Waals surface area contributed by atoms with Crippen LogP contribution in [0.5, 0.6) is 0 Å². The molecule has 0 saturated heterocycles. The molecule has 0 aliphatic rings. The van der Waals surface area contributed by atoms with Crippen molar-refractivity contribution in [3.05, 3.63) is 21.9 Å². The highest BCUT2D eigenvalue weighted by molar-refractivity contribution is 7.89. The van der Waals surface area contributed by atoms with E-state index in [-0.39, 0.29) is 11.2 Å². The van der Waals surface area contributed by atoms with E-state index in [0.717, 1.165) is 10.4 Å². The molecule has 1 heterocycles. The summed E-state index contributed by atoms with van der Waals surface area (Å²) in [6, 6.07) is 1.89. The number of nitrogens with two attached hydrogens (primary N) is 1. The zero-order valence-electron chi connectivity index (χ0n) is 12.2. The second-order valence-electron chi connectivity index (χ2n) is 5.76. The van der Waals surface area contributed by atoms with Crippen molar-refractivity contribution in [2.24, 2.45) is 11.1 Å². The molecule has 0 aromatic carbocycles. The molecule has 112 valence electrons. The van der Waals surface area contributed by atoms with Gasteiger partial charge in [0.1, 0.15) is 0 Å². The fraction of sp³-hybridized carbons (Fsp3) is 0.571. The van der Waals surface area contributed by atoms with Gasteiger partial charge in [0.2, 0.25) is 10.0 Å². The Morgan fingerprint density at radius 3 is 2.70 bits per heavy atom. The summed E-state index contributed by atoms with van der Waals surface area (Å²) in [5, 5.41) is 1.90. The lowest BCUT2D eigenvalue weighted by Crippen LogP contribution is -2.27. The van der Waals surface area contributed by atoms with Crippen molar-refractivity contribution in [3.63, 3.8) is 0 Å². The minimum atomic E-state index is -3.22. The van der Waals surface area contributed by atoms with Gasteiger partial charge in [-0.3, -0.25) is 0 Å². The molecule has 0 spiro atoms. The molecule has 0 saturated carbocycles. The second-order valence-corrected chi connectivity index (χ2v) is 8.68. The van der Waals surface area contributed by atoms with E-state index < -0.39 is 10.0 Å². The molecule has 0 radical (unpaired) electrons. The van der Waals surface area contributed by atoms with E-state index in [1.165, 1.54) is 11.3 Å². The lowest BCUT2D eigenvalue weighted by atomic mass is 9.94. The van der Waals surface area contributed by atoms with Crippen LogP contribution in [0.2, 0.25) is 0 Å². The van der Waals surface area contributed by atoms with E-state index in [0.29, 0.717) is 19.5 Å². The van der Waals surface area contributed by atoms with Crippen LogP contribution >= 0.6 is 11.3 Å². The van der Waals surface area contributed by atoms with Gasteiger partial charge in [-0.25, -0.2) is 13.1 Å². The van der Waals surface area contributed by atoms with E-state index in [1.807, 2.05) is 32.2 Å². The summed E-state index contributed by atoms with van der Waals surface area (Å²) in [6.45, 7) is 6.74. The van der Waals surface area contributed by atoms with Gasteiger partial charge in [-0.2, -0.15) is 0 Å². The number of hydrogen-bond donors (Lipinski definition) is 2. The molecular weight excluding hydrogens is 292 g/mol. The summed E-state index contributed by atoms with van der Waals surface area (Å²) in [5.74, 6) is 5.85. The minimum absolute atomic E-state index is 0.0165. The lowest BCUT2D eigenvalue weighted by Gasteiger charge is -2.17. The molecule has 0 atom stereocenters. The van der Waals surface area contributed by atoms with Crippen molar-refractivity contribution in [2.45, 2.75) is 33.7 Å². The zero-order chi connectivity index (χ0) is 15.2. The summed E-state index contributed by atoms with van der Waals surface area (Å²) in [7, 11) is -3.22. The highest BCUT2D eigenvalue weighted by Crippen LogP contribution is 2.19. The first-order valence-corrected chi connectivity index (χ1v) is 8.99. The van der Waals surface area contributed by atoms with Crippen LogP contribution in [0.15, 0.2) is 11.4 Å². The van der Waals surface area contributed by atoms with Crippen molar-refractivity contribution < 1.29 is 8.42 Å². The Balaban J connectivity index is 2.52. The van der Waals surface area contributed by atoms with Gasteiger partial charge in [0, 0.05) is 22.4 Å². The number of sulfonamides is 1. The Morgan fingerprint density at radius 2 is 2.10 bits per heavy atom. The molecule has 0 unspecified atom stereocenters. The molecule has 1 rings (SSSR count). The molecule has 0 amide bonds. The third-order valence-corrected chi connectivity index (χ3v) is 4.84. The predicted molar refractivity (Wildman–Crippen MR) is 84.9 cm³/mol. The molecular formula is C14H22N2O2S2. The molecule has 6 heteroatoms. The Labute approximate surface area is 125 Å². The van der Waals surface area contributed by atoms with Crippen molar-refractivity contribution in [1.82, 2.24) is 4.72 Å². The first-order valence-electron chi connectivity index (χ1n) is 6.45. The molecule has 1 aromatic heterocycles. The summed E-state index contributed by atoms with van der Waals surface area (Å²) in [4.78, 5) is 0.950. The Bertz CT molecular complexity index is 587. The average molecular weight is 314 g/mol. The number of thiophene rings is 1. The van der Waals surface area contributed by atoms with Crippen LogP contribution in [-0.2, 0) is 16.6 Å². The summed E-state index contributed by atoms with van der Waals surface area (Å²) < 4.78 is 26.4. The average Bonchev–Trinajstić information content (AvgIpc) is 2.79. The Morgan fingerprint density at radius 1 is 1.40 bits per heavy atom. The molecule has 1 aromatic rings. The van der Waals surface area contributed by atoms with Gasteiger partial charge in [0.25, 0.3) is 0 Å². The van der Waals surface area contributed by atoms with E-state index in [4.69, 9.17) is 5.73 Å². The van der Waals surface area contributed by atoms with Crippen molar-refractivity contribution in [1.29, 1.82) is 0 Å². The van der Waals surface area contributed by atoms with Gasteiger partial charge in [-0.1, -0.05) is 32.6 Å². The highest BCUT2D eigenvalue weighted by atomic mass is 32.2. The first kappa shape index (κ1) is 17.2. The van der Waals surface area contributed by atoms with Crippen molar-refractivity contribution in [3.8, 4) is 11.8 Å². The van der Waals surface area contributed by atoms with Gasteiger partial charge in [0.15, 0.2) is 0 Å². The molecule has 0 aliphatic carbocycles. The third kappa shape index (κ3) is 7.06. The summed E-state index contributed by atoms with van der Waals surface area (Å²) in [5.41, 5.74) is 6.20. The zero-order valence-corrected chi connectivity index (χ0v) is 13.8. The topological polar surface area (TPSA) is 72.2 Å². The van der Waals surface area contributed by atoms with Gasteiger partial charge in [0.05, 0.1) is 12.3 Å². The number of rotatable bonds is 5. The molecule has 3 N–H and O–H groups in total. The van der Waals surface area contributed by atoms with Crippen molar-refractivity contribution >= 4 is 21.4 Å². The maximum absolute atomic E-state index is 11.9. The fourth-order valence-corrected chi connectivity index (χ4v) is 3.63. The highest BCUT2D eigenvalue weighted by Gasteiger charge is 2.17. The van der Waals surface area contributed by atoms with E-state index in [9.17, 15) is 8.42 Å². The molecule has 4 nitrogen and oxygen atoms in total. The standard InChI is InChI=1S/C14H22N2O2S2/c1-14(2,3)6-8-20(17,18)16-10-13-9-12(11-19-13)5-4-7-15/h9,11,16H,6-8,10,15H2,1-3H3. The number of hydrogen-bond acceptors (Lipinski definition) is 4. The van der Waals surface area contributed by atoms with E-state index in [2.05, 4.69) is 16.6 Å². The van der Waals surface area contributed by atoms with Gasteiger partial charge in [-0.15, -0.1) is 11.3 Å². The van der Waals surface area contributed by atoms with Crippen LogP contribution in [0, 0.1) is 17.3 Å². The normalized spacial score (nSPS) is 12.0. The summed E-state index contributed by atoms with van der Waals surface area (Å²) >= 11 is 1.49. The van der Waals surface area contributed by atoms with E-state index >= 15 is 0 Å². The largest absolute Gasteiger partial charge is 0.320 e. The lowest BCUT2D eigenvalue weighted by molar-refractivity contribution is 0.396. The Kier molecular flexibility index (Phi) is 6.21. The number of nitrogens with one attached hydrogen (secondary N) is 1. The third-order valence-electron chi connectivity index (χ3n) is 2.58. The molecule has 0 aliphatic heterocycles. The first-order chi connectivity index (χ1) is 9.22. The van der Waals surface area contributed by atoms with Crippen molar-refractivity contribution in [2.75, 3.05) is 12.3 Å². The maximum Gasteiger partial charge on any atom is 0.211 e. The second kappa shape index (κ2) is 7.23. The molecule has 20 heavy (non-hydrogen) atoms. The quantitative estimate of drug-likeness (QED) is 0.816. The van der Waals surface area contributed by atoms with Crippen LogP contribution in [0.4, 0.5) is 0 Å². The van der Waals surface area contributed by atoms with Gasteiger partial charge < -0.3 is 5.73 Å². The fourth-order valence-electron chi connectivity index (χ4n) is 1.39. The van der Waals surface area contributed by atoms with Crippen LogP contribution < -0.4 is 10.5 Å². The van der Waals surface area contributed by atoms with Gasteiger partial charge in [-0.05, 0) is 17.9 Å². The molecule has 0 fully saturated rings. The van der Waals surface area contributed by atoms with Gasteiger partial charge >= 0.3 is 0 Å². The van der Waals surface area contributed by atoms with Crippen LogP contribution in [0.25, 0.3) is 0 Å². The minimum Gasteiger partial charge on any atom is -0.320 e.